The molecule has 1 aliphatic carbocycles. The van der Waals surface area contributed by atoms with Gasteiger partial charge in [-0.2, -0.15) is 13.2 Å². The summed E-state index contributed by atoms with van der Waals surface area (Å²) in [6.07, 6.45) is 2.83. The average Bonchev–Trinajstić information content (AvgIpc) is 3.10. The molecule has 0 N–H and O–H groups in total. The molecule has 0 unspecified atom stereocenters. The number of fused-ring (bicyclic) bond motifs is 1. The Labute approximate surface area is 190 Å². The van der Waals surface area contributed by atoms with E-state index >= 15 is 0 Å². The van der Waals surface area contributed by atoms with Gasteiger partial charge in [-0.3, -0.25) is 9.69 Å². The standard InChI is InChI=1S/C24H28F3N3O3/c25-24(26,27)23(31)30-13-5-2-6-20-22(30)33-21(28-20)16-7-9-18(10-8-16)32-19-14-17(15-19)29-11-3-1-4-12-29/h7-10,17,19H,1-6,11-15H2. The molecule has 1 aromatic carbocycles. The van der Waals surface area contributed by atoms with Crippen molar-refractivity contribution in [1.82, 2.24) is 9.88 Å². The number of piperidine rings is 1. The molecule has 5 rings (SSSR count). The van der Waals surface area contributed by atoms with E-state index in [0.29, 0.717) is 41.5 Å². The summed E-state index contributed by atoms with van der Waals surface area (Å²) in [6.45, 7) is 2.35. The Kier molecular flexibility index (Phi) is 6.07. The number of nitrogens with zero attached hydrogens (tertiary/aromatic N) is 3. The highest BCUT2D eigenvalue weighted by Crippen LogP contribution is 2.36. The minimum Gasteiger partial charge on any atom is -0.490 e. The number of rotatable bonds is 4. The molecular weight excluding hydrogens is 435 g/mol. The van der Waals surface area contributed by atoms with Gasteiger partial charge in [-0.05, 0) is 69.5 Å². The van der Waals surface area contributed by atoms with E-state index in [0.717, 1.165) is 18.6 Å². The number of carbonyl (C=O) groups is 1. The highest BCUT2D eigenvalue weighted by molar-refractivity contribution is 5.96. The van der Waals surface area contributed by atoms with Gasteiger partial charge in [0.05, 0.1) is 0 Å². The van der Waals surface area contributed by atoms with E-state index in [2.05, 4.69) is 9.88 Å². The van der Waals surface area contributed by atoms with E-state index in [1.807, 2.05) is 12.1 Å². The highest BCUT2D eigenvalue weighted by Gasteiger charge is 2.45. The summed E-state index contributed by atoms with van der Waals surface area (Å²) in [5.41, 5.74) is 1.02. The van der Waals surface area contributed by atoms with Gasteiger partial charge >= 0.3 is 12.1 Å². The van der Waals surface area contributed by atoms with Crippen molar-refractivity contribution in [3.63, 3.8) is 0 Å². The van der Waals surface area contributed by atoms with Crippen LogP contribution in [-0.2, 0) is 11.2 Å². The van der Waals surface area contributed by atoms with Crippen molar-refractivity contribution in [1.29, 1.82) is 0 Å². The number of hydrogen-bond acceptors (Lipinski definition) is 5. The van der Waals surface area contributed by atoms with Gasteiger partial charge in [0.1, 0.15) is 17.5 Å². The number of ether oxygens (including phenoxy) is 1. The maximum Gasteiger partial charge on any atom is 0.471 e. The molecule has 178 valence electrons. The summed E-state index contributed by atoms with van der Waals surface area (Å²) in [5, 5.41) is 0. The van der Waals surface area contributed by atoms with E-state index < -0.39 is 12.1 Å². The molecule has 1 saturated heterocycles. The topological polar surface area (TPSA) is 58.8 Å². The fraction of sp³-hybridized carbons (Fsp3) is 0.583. The second-order valence-electron chi connectivity index (χ2n) is 9.17. The first-order chi connectivity index (χ1) is 15.9. The lowest BCUT2D eigenvalue weighted by atomic mass is 9.86. The Morgan fingerprint density at radius 1 is 1.00 bits per heavy atom. The molecule has 0 spiro atoms. The number of alkyl halides is 3. The first kappa shape index (κ1) is 22.3. The summed E-state index contributed by atoms with van der Waals surface area (Å²) in [7, 11) is 0. The lowest BCUT2D eigenvalue weighted by Crippen LogP contribution is -2.50. The van der Waals surface area contributed by atoms with E-state index in [-0.39, 0.29) is 24.4 Å². The van der Waals surface area contributed by atoms with Crippen LogP contribution in [0.5, 0.6) is 5.75 Å². The number of aryl methyl sites for hydroxylation is 1. The van der Waals surface area contributed by atoms with Crippen LogP contribution in [0.4, 0.5) is 19.1 Å². The molecule has 3 aliphatic rings. The summed E-state index contributed by atoms with van der Waals surface area (Å²) in [4.78, 5) is 19.5. The summed E-state index contributed by atoms with van der Waals surface area (Å²) in [6, 6.07) is 7.86. The van der Waals surface area contributed by atoms with Crippen LogP contribution in [0.25, 0.3) is 11.5 Å². The molecule has 33 heavy (non-hydrogen) atoms. The van der Waals surface area contributed by atoms with Crippen molar-refractivity contribution < 1.29 is 27.1 Å². The predicted molar refractivity (Wildman–Crippen MR) is 116 cm³/mol. The van der Waals surface area contributed by atoms with Gasteiger partial charge in [0, 0.05) is 31.0 Å². The normalized spacial score (nSPS) is 24.0. The lowest BCUT2D eigenvalue weighted by Gasteiger charge is -2.44. The Morgan fingerprint density at radius 3 is 2.39 bits per heavy atom. The van der Waals surface area contributed by atoms with Crippen molar-refractivity contribution >= 4 is 11.8 Å². The third kappa shape index (κ3) is 4.74. The van der Waals surface area contributed by atoms with Gasteiger partial charge in [-0.25, -0.2) is 4.98 Å². The Morgan fingerprint density at radius 2 is 1.70 bits per heavy atom. The third-order valence-corrected chi connectivity index (χ3v) is 6.84. The van der Waals surface area contributed by atoms with Gasteiger partial charge < -0.3 is 14.1 Å². The molecule has 2 fully saturated rings. The van der Waals surface area contributed by atoms with Crippen LogP contribution in [0.1, 0.15) is 50.6 Å². The summed E-state index contributed by atoms with van der Waals surface area (Å²) >= 11 is 0. The Hall–Kier alpha value is -2.55. The Balaban J connectivity index is 1.24. The number of anilines is 1. The van der Waals surface area contributed by atoms with Gasteiger partial charge in [-0.15, -0.1) is 0 Å². The number of amides is 1. The molecule has 0 radical (unpaired) electrons. The van der Waals surface area contributed by atoms with Crippen LogP contribution < -0.4 is 9.64 Å². The maximum atomic E-state index is 13.0. The zero-order valence-corrected chi connectivity index (χ0v) is 18.4. The summed E-state index contributed by atoms with van der Waals surface area (Å²) < 4.78 is 50.9. The average molecular weight is 464 g/mol. The molecule has 1 amide bonds. The molecule has 0 atom stereocenters. The Bertz CT molecular complexity index is 977. The maximum absolute atomic E-state index is 13.0. The SMILES string of the molecule is O=C(N1CCCCc2nc(-c3ccc(OC4CC(N5CCCCC5)C4)cc3)oc21)C(F)(F)F. The number of likely N-dealkylation sites (tertiary alicyclic amines) is 1. The van der Waals surface area contributed by atoms with Gasteiger partial charge in [0.15, 0.2) is 0 Å². The molecule has 0 bridgehead atoms. The van der Waals surface area contributed by atoms with Crippen molar-refractivity contribution in [2.75, 3.05) is 24.5 Å². The quantitative estimate of drug-likeness (QED) is 0.641. The fourth-order valence-electron chi connectivity index (χ4n) is 4.94. The molecule has 6 nitrogen and oxygen atoms in total. The number of oxazole rings is 1. The lowest BCUT2D eigenvalue weighted by molar-refractivity contribution is -0.170. The van der Waals surface area contributed by atoms with Crippen molar-refractivity contribution in [2.45, 2.75) is 69.7 Å². The van der Waals surface area contributed by atoms with Crippen LogP contribution in [0.2, 0.25) is 0 Å². The van der Waals surface area contributed by atoms with Crippen LogP contribution >= 0.6 is 0 Å². The van der Waals surface area contributed by atoms with E-state index in [4.69, 9.17) is 9.15 Å². The fourth-order valence-corrected chi connectivity index (χ4v) is 4.94. The van der Waals surface area contributed by atoms with Gasteiger partial charge in [-0.1, -0.05) is 6.42 Å². The van der Waals surface area contributed by atoms with Gasteiger partial charge in [0.25, 0.3) is 0 Å². The number of halogens is 3. The van der Waals surface area contributed by atoms with Crippen LogP contribution in [-0.4, -0.2) is 53.7 Å². The van der Waals surface area contributed by atoms with Crippen LogP contribution in [0.15, 0.2) is 28.7 Å². The second-order valence-corrected chi connectivity index (χ2v) is 9.17. The highest BCUT2D eigenvalue weighted by atomic mass is 19.4. The smallest absolute Gasteiger partial charge is 0.471 e. The van der Waals surface area contributed by atoms with E-state index in [9.17, 15) is 18.0 Å². The first-order valence-corrected chi connectivity index (χ1v) is 11.8. The number of carbonyl (C=O) groups excluding carboxylic acids is 1. The summed E-state index contributed by atoms with van der Waals surface area (Å²) in [5.74, 6) is -1.05. The molecule has 3 heterocycles. The monoisotopic (exact) mass is 463 g/mol. The molecular formula is C24H28F3N3O3. The van der Waals surface area contributed by atoms with Crippen molar-refractivity contribution in [3.8, 4) is 17.2 Å². The largest absolute Gasteiger partial charge is 0.490 e. The predicted octanol–water partition coefficient (Wildman–Crippen LogP) is 4.97. The molecule has 1 aromatic heterocycles. The van der Waals surface area contributed by atoms with E-state index in [1.54, 1.807) is 12.1 Å². The third-order valence-electron chi connectivity index (χ3n) is 6.84. The second kappa shape index (κ2) is 9.00. The zero-order chi connectivity index (χ0) is 23.0. The minimum absolute atomic E-state index is 0.0352. The van der Waals surface area contributed by atoms with Crippen LogP contribution in [0.3, 0.4) is 0 Å². The molecule has 2 aromatic rings. The van der Waals surface area contributed by atoms with Crippen molar-refractivity contribution in [3.05, 3.63) is 30.0 Å². The van der Waals surface area contributed by atoms with Gasteiger partial charge in [0.2, 0.25) is 11.8 Å². The first-order valence-electron chi connectivity index (χ1n) is 11.8. The van der Waals surface area contributed by atoms with E-state index in [1.165, 1.54) is 32.4 Å². The number of benzene rings is 1. The zero-order valence-electron chi connectivity index (χ0n) is 18.4. The molecule has 9 heteroatoms. The molecule has 2 aliphatic heterocycles. The number of hydrogen-bond donors (Lipinski definition) is 0. The van der Waals surface area contributed by atoms with Crippen LogP contribution in [0, 0.1) is 0 Å². The minimum atomic E-state index is -4.96. The molecule has 1 saturated carbocycles. The number of aromatic nitrogens is 1. The van der Waals surface area contributed by atoms with Crippen molar-refractivity contribution in [2.24, 2.45) is 0 Å².